The first kappa shape index (κ1) is 15.2. The van der Waals surface area contributed by atoms with E-state index in [-0.39, 0.29) is 6.10 Å². The molecule has 0 aliphatic carbocycles. The highest BCUT2D eigenvalue weighted by Gasteiger charge is 2.11. The number of aliphatic hydroxyl groups excluding tert-OH is 1. The van der Waals surface area contributed by atoms with Crippen LogP contribution in [0.15, 0.2) is 54.6 Å². The summed E-state index contributed by atoms with van der Waals surface area (Å²) < 4.78 is 1.22. The Kier molecular flexibility index (Phi) is 4.83. The molecule has 114 valence electrons. The molecule has 0 spiro atoms. The lowest BCUT2D eigenvalue weighted by Crippen LogP contribution is -2.30. The van der Waals surface area contributed by atoms with E-state index in [0.29, 0.717) is 13.0 Å². The van der Waals surface area contributed by atoms with E-state index in [1.807, 2.05) is 43.4 Å². The van der Waals surface area contributed by atoms with Gasteiger partial charge in [0, 0.05) is 6.54 Å². The van der Waals surface area contributed by atoms with Crippen LogP contribution in [0.1, 0.15) is 10.6 Å². The fourth-order valence-corrected chi connectivity index (χ4v) is 3.64. The molecule has 22 heavy (non-hydrogen) atoms. The molecule has 1 N–H and O–H groups in total. The molecule has 0 aliphatic heterocycles. The number of fused-ring (bicyclic) bond motifs is 1. The molecule has 0 bridgehead atoms. The quantitative estimate of drug-likeness (QED) is 0.758. The van der Waals surface area contributed by atoms with Crippen molar-refractivity contribution in [1.29, 1.82) is 0 Å². The van der Waals surface area contributed by atoms with Gasteiger partial charge < -0.3 is 5.11 Å². The van der Waals surface area contributed by atoms with E-state index in [9.17, 15) is 5.11 Å². The number of thiazole rings is 1. The Labute approximate surface area is 134 Å². The van der Waals surface area contributed by atoms with Crippen LogP contribution in [0.3, 0.4) is 0 Å². The first-order valence-electron chi connectivity index (χ1n) is 7.45. The van der Waals surface area contributed by atoms with Crippen LogP contribution in [0, 0.1) is 0 Å². The Bertz CT molecular complexity index is 693. The first-order chi connectivity index (χ1) is 10.7. The van der Waals surface area contributed by atoms with Crippen molar-refractivity contribution in [3.8, 4) is 0 Å². The molecular formula is C18H20N2OS. The molecule has 4 heteroatoms. The van der Waals surface area contributed by atoms with E-state index < -0.39 is 0 Å². The lowest BCUT2D eigenvalue weighted by atomic mass is 10.1. The molecular weight excluding hydrogens is 292 g/mol. The number of benzene rings is 2. The van der Waals surface area contributed by atoms with Crippen LogP contribution in [-0.2, 0) is 13.0 Å². The van der Waals surface area contributed by atoms with Crippen LogP contribution in [0.2, 0.25) is 0 Å². The maximum Gasteiger partial charge on any atom is 0.108 e. The van der Waals surface area contributed by atoms with Crippen LogP contribution in [0.4, 0.5) is 0 Å². The molecule has 0 saturated heterocycles. The third-order valence-electron chi connectivity index (χ3n) is 3.58. The van der Waals surface area contributed by atoms with Crippen molar-refractivity contribution in [1.82, 2.24) is 9.88 Å². The highest BCUT2D eigenvalue weighted by atomic mass is 32.1. The number of hydrogen-bond acceptors (Lipinski definition) is 4. The van der Waals surface area contributed by atoms with E-state index in [1.165, 1.54) is 10.3 Å². The average Bonchev–Trinajstić information content (AvgIpc) is 2.89. The van der Waals surface area contributed by atoms with Gasteiger partial charge in [-0.1, -0.05) is 42.5 Å². The number of rotatable bonds is 6. The summed E-state index contributed by atoms with van der Waals surface area (Å²) in [5, 5.41) is 11.3. The fourth-order valence-electron chi connectivity index (χ4n) is 2.59. The molecule has 0 radical (unpaired) electrons. The van der Waals surface area contributed by atoms with Crippen molar-refractivity contribution in [2.45, 2.75) is 19.1 Å². The molecule has 1 aromatic heterocycles. The summed E-state index contributed by atoms with van der Waals surface area (Å²) in [6, 6.07) is 18.3. The maximum atomic E-state index is 10.2. The zero-order valence-corrected chi connectivity index (χ0v) is 13.5. The van der Waals surface area contributed by atoms with E-state index >= 15 is 0 Å². The van der Waals surface area contributed by atoms with Crippen LogP contribution in [0.25, 0.3) is 10.2 Å². The Balaban J connectivity index is 1.56. The van der Waals surface area contributed by atoms with E-state index in [1.54, 1.807) is 11.3 Å². The minimum Gasteiger partial charge on any atom is -0.391 e. The minimum atomic E-state index is -0.359. The van der Waals surface area contributed by atoms with E-state index in [0.717, 1.165) is 17.1 Å². The summed E-state index contributed by atoms with van der Waals surface area (Å²) in [6.45, 7) is 1.41. The van der Waals surface area contributed by atoms with Crippen molar-refractivity contribution >= 4 is 21.6 Å². The van der Waals surface area contributed by atoms with Gasteiger partial charge in [0.25, 0.3) is 0 Å². The molecule has 2 aromatic carbocycles. The fraction of sp³-hybridized carbons (Fsp3) is 0.278. The molecule has 0 amide bonds. The number of hydrogen-bond donors (Lipinski definition) is 1. The maximum absolute atomic E-state index is 10.2. The average molecular weight is 312 g/mol. The molecule has 0 aliphatic rings. The molecule has 1 atom stereocenters. The molecule has 3 aromatic rings. The molecule has 0 unspecified atom stereocenters. The van der Waals surface area contributed by atoms with Gasteiger partial charge in [-0.3, -0.25) is 4.90 Å². The van der Waals surface area contributed by atoms with Gasteiger partial charge in [0.05, 0.1) is 22.9 Å². The van der Waals surface area contributed by atoms with Crippen molar-refractivity contribution in [3.63, 3.8) is 0 Å². The number of aromatic nitrogens is 1. The highest BCUT2D eigenvalue weighted by Crippen LogP contribution is 2.22. The van der Waals surface area contributed by atoms with Crippen LogP contribution >= 0.6 is 11.3 Å². The second-order valence-electron chi connectivity index (χ2n) is 5.62. The predicted octanol–water partition coefficient (Wildman–Crippen LogP) is 3.33. The molecule has 1 heterocycles. The van der Waals surface area contributed by atoms with Gasteiger partial charge in [0.1, 0.15) is 5.01 Å². The van der Waals surface area contributed by atoms with Gasteiger partial charge in [-0.2, -0.15) is 0 Å². The van der Waals surface area contributed by atoms with Gasteiger partial charge in [0.2, 0.25) is 0 Å². The Morgan fingerprint density at radius 2 is 1.82 bits per heavy atom. The van der Waals surface area contributed by atoms with Crippen LogP contribution in [-0.4, -0.2) is 34.7 Å². The minimum absolute atomic E-state index is 0.359. The summed E-state index contributed by atoms with van der Waals surface area (Å²) in [5.41, 5.74) is 2.23. The molecule has 3 rings (SSSR count). The summed E-state index contributed by atoms with van der Waals surface area (Å²) >= 11 is 1.72. The number of aliphatic hydroxyl groups is 1. The summed E-state index contributed by atoms with van der Waals surface area (Å²) in [6.07, 6.45) is 0.326. The number of nitrogens with zero attached hydrogens (tertiary/aromatic N) is 2. The second kappa shape index (κ2) is 7.01. The topological polar surface area (TPSA) is 36.4 Å². The Morgan fingerprint density at radius 1 is 1.09 bits per heavy atom. The van der Waals surface area contributed by atoms with Gasteiger partial charge in [0.15, 0.2) is 0 Å². The van der Waals surface area contributed by atoms with Crippen molar-refractivity contribution in [2.75, 3.05) is 13.6 Å². The smallest absolute Gasteiger partial charge is 0.108 e. The lowest BCUT2D eigenvalue weighted by Gasteiger charge is -2.19. The lowest BCUT2D eigenvalue weighted by molar-refractivity contribution is 0.123. The van der Waals surface area contributed by atoms with Gasteiger partial charge in [-0.25, -0.2) is 4.98 Å². The molecule has 0 saturated carbocycles. The Hall–Kier alpha value is -1.75. The normalized spacial score (nSPS) is 12.9. The van der Waals surface area contributed by atoms with Gasteiger partial charge in [-0.05, 0) is 31.2 Å². The molecule has 3 nitrogen and oxygen atoms in total. The summed E-state index contributed by atoms with van der Waals surface area (Å²) in [7, 11) is 2.03. The summed E-state index contributed by atoms with van der Waals surface area (Å²) in [5.74, 6) is 0. The van der Waals surface area contributed by atoms with Crippen molar-refractivity contribution < 1.29 is 5.11 Å². The van der Waals surface area contributed by atoms with Crippen LogP contribution in [0.5, 0.6) is 0 Å². The van der Waals surface area contributed by atoms with Gasteiger partial charge in [-0.15, -0.1) is 11.3 Å². The monoisotopic (exact) mass is 312 g/mol. The predicted molar refractivity (Wildman–Crippen MR) is 92.1 cm³/mol. The largest absolute Gasteiger partial charge is 0.391 e. The summed E-state index contributed by atoms with van der Waals surface area (Å²) in [4.78, 5) is 6.77. The second-order valence-corrected chi connectivity index (χ2v) is 6.73. The van der Waals surface area contributed by atoms with Crippen molar-refractivity contribution in [2.24, 2.45) is 0 Å². The standard InChI is InChI=1S/C18H20N2OS/c1-20(12-15(21)11-14-7-3-2-4-8-14)13-18-19-16-9-5-6-10-17(16)22-18/h2-10,15,21H,11-13H2,1H3/t15-/m0/s1. The zero-order valence-electron chi connectivity index (χ0n) is 12.6. The molecule has 0 fully saturated rings. The third kappa shape index (κ3) is 3.91. The van der Waals surface area contributed by atoms with Crippen LogP contribution < -0.4 is 0 Å². The number of likely N-dealkylation sites (N-methyl/N-ethyl adjacent to an activating group) is 1. The van der Waals surface area contributed by atoms with Crippen molar-refractivity contribution in [3.05, 3.63) is 65.2 Å². The van der Waals surface area contributed by atoms with E-state index in [2.05, 4.69) is 28.1 Å². The third-order valence-corrected chi connectivity index (χ3v) is 4.60. The SMILES string of the molecule is CN(Cc1nc2ccccc2s1)C[C@@H](O)Cc1ccccc1. The highest BCUT2D eigenvalue weighted by molar-refractivity contribution is 7.18. The first-order valence-corrected chi connectivity index (χ1v) is 8.27. The number of para-hydroxylation sites is 1. The Morgan fingerprint density at radius 3 is 2.59 bits per heavy atom. The zero-order chi connectivity index (χ0) is 15.4. The van der Waals surface area contributed by atoms with E-state index in [4.69, 9.17) is 0 Å². The van der Waals surface area contributed by atoms with Gasteiger partial charge >= 0.3 is 0 Å².